The molecule has 2 aromatic rings. The minimum atomic E-state index is -3.85. The Balaban J connectivity index is 2.28. The summed E-state index contributed by atoms with van der Waals surface area (Å²) in [5.74, 6) is -13.1. The molecule has 2 atom stereocenters. The molecule has 0 saturated carbocycles. The molecule has 0 aliphatic rings. The Morgan fingerprint density at radius 1 is 1.10 bits per heavy atom. The number of Topliss-reactive ketones (excluding diaryl/α,β-unsaturated/α-hetero) is 1. The van der Waals surface area contributed by atoms with Crippen LogP contribution in [-0.2, 0) is 24.4 Å². The largest absolute Gasteiger partial charge is 0.481 e. The fourth-order valence-electron chi connectivity index (χ4n) is 3.44. The van der Waals surface area contributed by atoms with Gasteiger partial charge >= 0.3 is 5.97 Å². The van der Waals surface area contributed by atoms with Gasteiger partial charge in [-0.2, -0.15) is 8.78 Å². The number of aromatic nitrogens is 1. The van der Waals surface area contributed by atoms with Crippen LogP contribution in [0.5, 0.6) is 5.75 Å². The normalized spacial score (nSPS) is 12.9. The van der Waals surface area contributed by atoms with Crippen LogP contribution in [0.15, 0.2) is 29.2 Å². The maximum Gasteiger partial charge on any atom is 0.305 e. The number of carboxylic acids is 1. The monoisotopic (exact) mass is 579 g/mol. The lowest BCUT2D eigenvalue weighted by atomic mass is 10.1. The first kappa shape index (κ1) is 31.3. The van der Waals surface area contributed by atoms with E-state index in [9.17, 15) is 45.2 Å². The topological polar surface area (TPSA) is 161 Å². The van der Waals surface area contributed by atoms with Crippen molar-refractivity contribution < 1.29 is 50.2 Å². The molecule has 1 unspecified atom stereocenters. The average molecular weight is 580 g/mol. The Morgan fingerprint density at radius 3 is 2.26 bits per heavy atom. The van der Waals surface area contributed by atoms with Crippen LogP contribution in [0.1, 0.15) is 39.2 Å². The molecule has 1 amide bonds. The van der Waals surface area contributed by atoms with Crippen LogP contribution in [0.3, 0.4) is 0 Å². The lowest BCUT2D eigenvalue weighted by molar-refractivity contribution is -0.140. The maximum atomic E-state index is 13.8. The van der Waals surface area contributed by atoms with E-state index in [1.165, 1.54) is 25.3 Å². The van der Waals surface area contributed by atoms with Crippen molar-refractivity contribution in [3.63, 3.8) is 0 Å². The molecule has 1 heterocycles. The number of nitrogens with zero attached hydrogens (tertiary/aromatic N) is 1. The van der Waals surface area contributed by atoms with Gasteiger partial charge in [-0.3, -0.25) is 23.9 Å². The van der Waals surface area contributed by atoms with Gasteiger partial charge in [-0.05, 0) is 25.0 Å². The molecule has 3 N–H and O–H groups in total. The fourth-order valence-corrected chi connectivity index (χ4v) is 4.57. The number of ketones is 1. The number of hydrogen-bond acceptors (Lipinski definition) is 7. The maximum absolute atomic E-state index is 13.8. The molecule has 214 valence electrons. The van der Waals surface area contributed by atoms with Gasteiger partial charge in [-0.15, -0.1) is 0 Å². The van der Waals surface area contributed by atoms with Gasteiger partial charge < -0.3 is 19.7 Å². The third kappa shape index (κ3) is 8.02. The van der Waals surface area contributed by atoms with Crippen LogP contribution < -0.4 is 20.3 Å². The van der Waals surface area contributed by atoms with Gasteiger partial charge in [-0.25, -0.2) is 17.2 Å². The number of ether oxygens (including phenoxy) is 1. The summed E-state index contributed by atoms with van der Waals surface area (Å²) in [6.07, 6.45) is 0.361. The molecule has 2 rings (SSSR count). The molecule has 0 saturated heterocycles. The summed E-state index contributed by atoms with van der Waals surface area (Å²) in [6.45, 7) is 1.81. The van der Waals surface area contributed by atoms with E-state index < -0.39 is 87.4 Å². The van der Waals surface area contributed by atoms with E-state index in [1.54, 1.807) is 6.92 Å². The second-order valence-electron chi connectivity index (χ2n) is 8.19. The molecule has 16 heteroatoms. The lowest BCUT2D eigenvalue weighted by Gasteiger charge is -2.22. The zero-order valence-electron chi connectivity index (χ0n) is 20.7. The Morgan fingerprint density at radius 2 is 1.72 bits per heavy atom. The number of sulfonamides is 1. The molecule has 0 fully saturated rings. The molecule has 0 aliphatic heterocycles. The van der Waals surface area contributed by atoms with Crippen LogP contribution in [0, 0.1) is 23.3 Å². The van der Waals surface area contributed by atoms with Crippen molar-refractivity contribution in [2.24, 2.45) is 0 Å². The third-order valence-corrected chi connectivity index (χ3v) is 6.73. The fraction of sp³-hybridized carbons (Fsp3) is 0.391. The number of carbonyl (C=O) groups is 3. The average Bonchev–Trinajstić information content (AvgIpc) is 2.84. The molecule has 0 spiro atoms. The van der Waals surface area contributed by atoms with Gasteiger partial charge in [0.1, 0.15) is 24.4 Å². The number of hydrogen-bond donors (Lipinski definition) is 3. The molecular weight excluding hydrogens is 554 g/mol. The van der Waals surface area contributed by atoms with E-state index in [-0.39, 0.29) is 30.3 Å². The zero-order chi connectivity index (χ0) is 29.5. The lowest BCUT2D eigenvalue weighted by Crippen LogP contribution is -2.48. The number of carbonyl (C=O) groups excluding carboxylic acids is 2. The molecule has 0 aliphatic carbocycles. The molecule has 39 heavy (non-hydrogen) atoms. The van der Waals surface area contributed by atoms with E-state index in [2.05, 4.69) is 14.8 Å². The minimum Gasteiger partial charge on any atom is -0.481 e. The summed E-state index contributed by atoms with van der Waals surface area (Å²) in [6, 6.07) is -0.793. The van der Waals surface area contributed by atoms with Crippen LogP contribution in [0.25, 0.3) is 0 Å². The summed E-state index contributed by atoms with van der Waals surface area (Å²) in [5, 5.41) is 11.3. The molecule has 0 bridgehead atoms. The van der Waals surface area contributed by atoms with Gasteiger partial charge in [0.2, 0.25) is 27.6 Å². The standard InChI is InChI=1S/C23H25F4N3O8S/c1-3-8-39(36,37)29-14-6-5-7-30(23(14)35)16(4-2)22(34)28-15(10-18(32)33)17(31)11-38-21-19(26)12(24)9-13(25)20(21)27/h5-7,9,15-16,29H,3-4,8,10-11H2,1-2H3,(H,28,34)(H,32,33)/t15-,16?/m0/s1. The van der Waals surface area contributed by atoms with E-state index in [1.807, 2.05) is 0 Å². The SMILES string of the molecule is CCCS(=O)(=O)Nc1cccn(C(CC)C(=O)N[C@@H](CC(=O)O)C(=O)COc2c(F)c(F)cc(F)c2F)c1=O. The summed E-state index contributed by atoms with van der Waals surface area (Å²) in [7, 11) is -3.85. The second kappa shape index (κ2) is 13.2. The van der Waals surface area contributed by atoms with Gasteiger partial charge in [0.25, 0.3) is 5.56 Å². The van der Waals surface area contributed by atoms with Crippen molar-refractivity contribution in [1.29, 1.82) is 0 Å². The van der Waals surface area contributed by atoms with Gasteiger partial charge in [0.05, 0.1) is 12.2 Å². The van der Waals surface area contributed by atoms with E-state index in [4.69, 9.17) is 5.11 Å². The summed E-state index contributed by atoms with van der Waals surface area (Å²) >= 11 is 0. The first-order valence-electron chi connectivity index (χ1n) is 11.4. The number of rotatable bonds is 14. The highest BCUT2D eigenvalue weighted by Gasteiger charge is 2.30. The van der Waals surface area contributed by atoms with E-state index >= 15 is 0 Å². The predicted molar refractivity (Wildman–Crippen MR) is 129 cm³/mol. The molecule has 0 radical (unpaired) electrons. The Kier molecular flexibility index (Phi) is 10.6. The molecule has 1 aromatic heterocycles. The molecular formula is C23H25F4N3O8S. The quantitative estimate of drug-likeness (QED) is 0.227. The predicted octanol–water partition coefficient (Wildman–Crippen LogP) is 2.12. The van der Waals surface area contributed by atoms with Crippen molar-refractivity contribution in [2.75, 3.05) is 17.1 Å². The Hall–Kier alpha value is -3.95. The second-order valence-corrected chi connectivity index (χ2v) is 10.0. The van der Waals surface area contributed by atoms with Gasteiger partial charge in [0.15, 0.2) is 23.2 Å². The summed E-state index contributed by atoms with van der Waals surface area (Å²) in [4.78, 5) is 49.7. The number of carboxylic acid groups (broad SMARTS) is 1. The highest BCUT2D eigenvalue weighted by Crippen LogP contribution is 2.26. The number of halogens is 4. The zero-order valence-corrected chi connectivity index (χ0v) is 21.5. The van der Waals surface area contributed by atoms with Crippen LogP contribution in [0.4, 0.5) is 23.2 Å². The number of nitrogens with one attached hydrogen (secondary N) is 2. The molecule has 11 nitrogen and oxygen atoms in total. The smallest absolute Gasteiger partial charge is 0.305 e. The first-order valence-corrected chi connectivity index (χ1v) is 13.1. The van der Waals surface area contributed by atoms with Crippen molar-refractivity contribution in [3.05, 3.63) is 58.0 Å². The van der Waals surface area contributed by atoms with Gasteiger partial charge in [-0.1, -0.05) is 13.8 Å². The highest BCUT2D eigenvalue weighted by atomic mass is 32.2. The van der Waals surface area contributed by atoms with Crippen molar-refractivity contribution in [2.45, 2.75) is 45.2 Å². The van der Waals surface area contributed by atoms with Gasteiger partial charge in [0, 0.05) is 12.3 Å². The van der Waals surface area contributed by atoms with Crippen molar-refractivity contribution in [3.8, 4) is 5.75 Å². The number of aliphatic carboxylic acids is 1. The number of anilines is 1. The van der Waals surface area contributed by atoms with Crippen LogP contribution in [-0.4, -0.2) is 54.2 Å². The summed E-state index contributed by atoms with van der Waals surface area (Å²) in [5.41, 5.74) is -1.25. The number of benzene rings is 1. The number of amides is 1. The first-order chi connectivity index (χ1) is 18.2. The van der Waals surface area contributed by atoms with E-state index in [0.717, 1.165) is 4.57 Å². The minimum absolute atomic E-state index is 0.0691. The Bertz CT molecular complexity index is 1390. The van der Waals surface area contributed by atoms with Crippen molar-refractivity contribution in [1.82, 2.24) is 9.88 Å². The molecule has 1 aromatic carbocycles. The summed E-state index contributed by atoms with van der Waals surface area (Å²) < 4.78 is 86.1. The number of pyridine rings is 1. The van der Waals surface area contributed by atoms with Crippen molar-refractivity contribution >= 4 is 33.4 Å². The van der Waals surface area contributed by atoms with Crippen LogP contribution >= 0.6 is 0 Å². The van der Waals surface area contributed by atoms with Crippen LogP contribution in [0.2, 0.25) is 0 Å². The third-order valence-electron chi connectivity index (χ3n) is 5.25. The highest BCUT2D eigenvalue weighted by molar-refractivity contribution is 7.92. The Labute approximate surface area is 219 Å². The van der Waals surface area contributed by atoms with E-state index in [0.29, 0.717) is 0 Å².